The molecule has 2 rings (SSSR count). The lowest BCUT2D eigenvalue weighted by Crippen LogP contribution is -2.38. The molecular weight excluding hydrogens is 310 g/mol. The Balaban J connectivity index is 1.76. The quantitative estimate of drug-likeness (QED) is 0.470. The minimum atomic E-state index is -0.852. The standard InChI is InChI=1S/C17H27N3O4/c21-13-14(22)12-19-16-5-2-1-4-15(16)17(23)18-6-3-7-20-8-10-24-11-9-20/h1-2,4-5,14,19,21-22H,3,6-13H2,(H,18,23). The normalized spacial score (nSPS) is 16.6. The molecule has 4 N–H and O–H groups in total. The van der Waals surface area contributed by atoms with E-state index in [9.17, 15) is 9.90 Å². The molecule has 1 atom stereocenters. The van der Waals surface area contributed by atoms with Crippen LogP contribution in [-0.2, 0) is 4.74 Å². The zero-order chi connectivity index (χ0) is 17.2. The minimum Gasteiger partial charge on any atom is -0.394 e. The molecule has 1 aromatic carbocycles. The Hall–Kier alpha value is -1.67. The number of benzene rings is 1. The van der Waals surface area contributed by atoms with Crippen molar-refractivity contribution in [1.29, 1.82) is 0 Å². The molecule has 134 valence electrons. The number of aliphatic hydroxyl groups is 2. The van der Waals surface area contributed by atoms with E-state index < -0.39 is 6.10 Å². The summed E-state index contributed by atoms with van der Waals surface area (Å²) in [7, 11) is 0. The average molecular weight is 337 g/mol. The Morgan fingerprint density at radius 1 is 1.29 bits per heavy atom. The fraction of sp³-hybridized carbons (Fsp3) is 0.588. The number of carbonyl (C=O) groups is 1. The molecule has 0 aromatic heterocycles. The number of aliphatic hydroxyl groups excluding tert-OH is 2. The van der Waals surface area contributed by atoms with E-state index in [2.05, 4.69) is 15.5 Å². The van der Waals surface area contributed by atoms with Crippen LogP contribution >= 0.6 is 0 Å². The molecule has 1 aliphatic heterocycles. The van der Waals surface area contributed by atoms with Gasteiger partial charge in [-0.25, -0.2) is 0 Å². The van der Waals surface area contributed by atoms with Gasteiger partial charge in [0.1, 0.15) is 0 Å². The fourth-order valence-corrected chi connectivity index (χ4v) is 2.55. The number of amides is 1. The number of morpholine rings is 1. The molecule has 0 radical (unpaired) electrons. The Morgan fingerprint density at radius 2 is 2.04 bits per heavy atom. The van der Waals surface area contributed by atoms with E-state index in [0.717, 1.165) is 39.3 Å². The molecule has 7 nitrogen and oxygen atoms in total. The Labute approximate surface area is 142 Å². The van der Waals surface area contributed by atoms with Crippen LogP contribution in [0.4, 0.5) is 5.69 Å². The maximum absolute atomic E-state index is 12.3. The Kier molecular flexibility index (Phi) is 7.97. The molecule has 0 saturated carbocycles. The van der Waals surface area contributed by atoms with E-state index in [1.165, 1.54) is 0 Å². The lowest BCUT2D eigenvalue weighted by molar-refractivity contribution is 0.0374. The molecule has 1 aromatic rings. The molecule has 7 heteroatoms. The summed E-state index contributed by atoms with van der Waals surface area (Å²) in [6.07, 6.45) is 0.0412. The van der Waals surface area contributed by atoms with Crippen LogP contribution in [0.3, 0.4) is 0 Å². The van der Waals surface area contributed by atoms with E-state index in [-0.39, 0.29) is 19.1 Å². The highest BCUT2D eigenvalue weighted by Gasteiger charge is 2.12. The number of ether oxygens (including phenoxy) is 1. The molecule has 0 bridgehead atoms. The van der Waals surface area contributed by atoms with Crippen molar-refractivity contribution in [2.45, 2.75) is 12.5 Å². The third kappa shape index (κ3) is 6.09. The molecule has 24 heavy (non-hydrogen) atoms. The first-order valence-corrected chi connectivity index (χ1v) is 8.41. The number of hydrogen-bond acceptors (Lipinski definition) is 6. The number of para-hydroxylation sites is 1. The monoisotopic (exact) mass is 337 g/mol. The summed E-state index contributed by atoms with van der Waals surface area (Å²) >= 11 is 0. The van der Waals surface area contributed by atoms with Crippen LogP contribution in [-0.4, -0.2) is 79.7 Å². The highest BCUT2D eigenvalue weighted by molar-refractivity contribution is 5.99. The van der Waals surface area contributed by atoms with E-state index >= 15 is 0 Å². The first-order chi connectivity index (χ1) is 11.7. The number of nitrogens with zero attached hydrogens (tertiary/aromatic N) is 1. The SMILES string of the molecule is O=C(NCCCN1CCOCC1)c1ccccc1NCC(O)CO. The Morgan fingerprint density at radius 3 is 2.79 bits per heavy atom. The summed E-state index contributed by atoms with van der Waals surface area (Å²) < 4.78 is 5.31. The first-order valence-electron chi connectivity index (χ1n) is 8.41. The first kappa shape index (κ1) is 18.7. The van der Waals surface area contributed by atoms with Gasteiger partial charge in [-0.3, -0.25) is 9.69 Å². The summed E-state index contributed by atoms with van der Waals surface area (Å²) in [5.74, 6) is -0.140. The second-order valence-corrected chi connectivity index (χ2v) is 5.83. The molecular formula is C17H27N3O4. The zero-order valence-corrected chi connectivity index (χ0v) is 13.9. The molecule has 0 aliphatic carbocycles. The zero-order valence-electron chi connectivity index (χ0n) is 13.9. The van der Waals surface area contributed by atoms with E-state index in [4.69, 9.17) is 9.84 Å². The Bertz CT molecular complexity index is 506. The number of carbonyl (C=O) groups excluding carboxylic acids is 1. The predicted octanol–water partition coefficient (Wildman–Crippen LogP) is -0.0962. The van der Waals surface area contributed by atoms with Crippen molar-refractivity contribution in [2.24, 2.45) is 0 Å². The van der Waals surface area contributed by atoms with Crippen LogP contribution in [0.1, 0.15) is 16.8 Å². The van der Waals surface area contributed by atoms with Gasteiger partial charge < -0.3 is 25.6 Å². The third-order valence-electron chi connectivity index (χ3n) is 3.95. The molecule has 1 amide bonds. The van der Waals surface area contributed by atoms with Crippen LogP contribution in [0.5, 0.6) is 0 Å². The summed E-state index contributed by atoms with van der Waals surface area (Å²) in [5.41, 5.74) is 1.18. The van der Waals surface area contributed by atoms with Gasteiger partial charge >= 0.3 is 0 Å². The van der Waals surface area contributed by atoms with Crippen LogP contribution in [0, 0.1) is 0 Å². The van der Waals surface area contributed by atoms with E-state index in [1.54, 1.807) is 18.2 Å². The highest BCUT2D eigenvalue weighted by Crippen LogP contribution is 2.14. The van der Waals surface area contributed by atoms with Crippen molar-refractivity contribution in [1.82, 2.24) is 10.2 Å². The van der Waals surface area contributed by atoms with Gasteiger partial charge in [-0.2, -0.15) is 0 Å². The number of hydrogen-bond donors (Lipinski definition) is 4. The molecule has 1 unspecified atom stereocenters. The highest BCUT2D eigenvalue weighted by atomic mass is 16.5. The number of rotatable bonds is 9. The molecule has 1 aliphatic rings. The number of nitrogens with one attached hydrogen (secondary N) is 2. The van der Waals surface area contributed by atoms with Gasteiger partial charge in [0.2, 0.25) is 0 Å². The van der Waals surface area contributed by atoms with Gasteiger partial charge in [0, 0.05) is 31.9 Å². The maximum Gasteiger partial charge on any atom is 0.253 e. The van der Waals surface area contributed by atoms with Gasteiger partial charge in [-0.15, -0.1) is 0 Å². The summed E-state index contributed by atoms with van der Waals surface area (Å²) in [5, 5.41) is 24.2. The van der Waals surface area contributed by atoms with Crippen molar-refractivity contribution in [3.8, 4) is 0 Å². The van der Waals surface area contributed by atoms with Crippen LogP contribution in [0.2, 0.25) is 0 Å². The fourth-order valence-electron chi connectivity index (χ4n) is 2.55. The summed E-state index contributed by atoms with van der Waals surface area (Å²) in [6, 6.07) is 7.15. The third-order valence-corrected chi connectivity index (χ3v) is 3.95. The van der Waals surface area contributed by atoms with E-state index in [0.29, 0.717) is 17.8 Å². The van der Waals surface area contributed by atoms with Crippen molar-refractivity contribution in [3.05, 3.63) is 29.8 Å². The lowest BCUT2D eigenvalue weighted by Gasteiger charge is -2.26. The predicted molar refractivity (Wildman–Crippen MR) is 92.2 cm³/mol. The molecule has 1 saturated heterocycles. The maximum atomic E-state index is 12.3. The van der Waals surface area contributed by atoms with Crippen molar-refractivity contribution < 1.29 is 19.7 Å². The molecule has 1 heterocycles. The number of anilines is 1. The largest absolute Gasteiger partial charge is 0.394 e. The van der Waals surface area contributed by atoms with Crippen molar-refractivity contribution >= 4 is 11.6 Å². The van der Waals surface area contributed by atoms with Crippen molar-refractivity contribution in [2.75, 3.05) is 57.9 Å². The smallest absolute Gasteiger partial charge is 0.253 e. The summed E-state index contributed by atoms with van der Waals surface area (Å²) in [6.45, 7) is 4.91. The average Bonchev–Trinajstić information content (AvgIpc) is 2.64. The lowest BCUT2D eigenvalue weighted by atomic mass is 10.1. The second kappa shape index (κ2) is 10.2. The van der Waals surface area contributed by atoms with Gasteiger partial charge in [0.15, 0.2) is 0 Å². The van der Waals surface area contributed by atoms with Crippen LogP contribution < -0.4 is 10.6 Å². The molecule has 0 spiro atoms. The minimum absolute atomic E-state index is 0.140. The van der Waals surface area contributed by atoms with Crippen molar-refractivity contribution in [3.63, 3.8) is 0 Å². The van der Waals surface area contributed by atoms with Gasteiger partial charge in [-0.05, 0) is 25.1 Å². The van der Waals surface area contributed by atoms with Crippen LogP contribution in [0.25, 0.3) is 0 Å². The molecule has 1 fully saturated rings. The second-order valence-electron chi connectivity index (χ2n) is 5.83. The topological polar surface area (TPSA) is 94.1 Å². The van der Waals surface area contributed by atoms with Crippen LogP contribution in [0.15, 0.2) is 24.3 Å². The summed E-state index contributed by atoms with van der Waals surface area (Å²) in [4.78, 5) is 14.7. The van der Waals surface area contributed by atoms with E-state index in [1.807, 2.05) is 6.07 Å². The van der Waals surface area contributed by atoms with Gasteiger partial charge in [0.05, 0.1) is 31.5 Å². The van der Waals surface area contributed by atoms with Gasteiger partial charge in [0.25, 0.3) is 5.91 Å². The van der Waals surface area contributed by atoms with Gasteiger partial charge in [-0.1, -0.05) is 12.1 Å².